The highest BCUT2D eigenvalue weighted by molar-refractivity contribution is 5.05. The Morgan fingerprint density at radius 2 is 1.43 bits per heavy atom. The molecule has 0 bridgehead atoms. The van der Waals surface area contributed by atoms with E-state index in [1.54, 1.807) is 0 Å². The van der Waals surface area contributed by atoms with E-state index in [0.29, 0.717) is 0 Å². The fourth-order valence-electron chi connectivity index (χ4n) is 5.18. The molecule has 0 aromatic heterocycles. The quantitative estimate of drug-likeness (QED) is 0.790. The van der Waals surface area contributed by atoms with Crippen LogP contribution in [0.2, 0.25) is 0 Å². The summed E-state index contributed by atoms with van der Waals surface area (Å²) in [6.07, 6.45) is 5.93. The summed E-state index contributed by atoms with van der Waals surface area (Å²) >= 11 is 0. The van der Waals surface area contributed by atoms with Gasteiger partial charge in [0.25, 0.3) is 0 Å². The first-order chi connectivity index (χ1) is 10.0. The van der Waals surface area contributed by atoms with Crippen LogP contribution in [0.5, 0.6) is 0 Å². The van der Waals surface area contributed by atoms with Gasteiger partial charge < -0.3 is 4.90 Å². The third-order valence-corrected chi connectivity index (χ3v) is 6.94. The molecule has 3 aliphatic heterocycles. The highest BCUT2D eigenvalue weighted by atomic mass is 15.4. The van der Waals surface area contributed by atoms with E-state index >= 15 is 0 Å². The normalized spacial score (nSPS) is 33.1. The average molecular weight is 291 g/mol. The van der Waals surface area contributed by atoms with Crippen molar-refractivity contribution in [1.82, 2.24) is 14.7 Å². The highest BCUT2D eigenvalue weighted by Gasteiger charge is 2.51. The number of hydrogen-bond acceptors (Lipinski definition) is 3. The van der Waals surface area contributed by atoms with Gasteiger partial charge in [0.15, 0.2) is 0 Å². The van der Waals surface area contributed by atoms with Crippen molar-refractivity contribution in [3.63, 3.8) is 0 Å². The second-order valence-electron chi connectivity index (χ2n) is 8.86. The summed E-state index contributed by atoms with van der Waals surface area (Å²) in [5, 5.41) is 0. The van der Waals surface area contributed by atoms with E-state index < -0.39 is 0 Å². The van der Waals surface area contributed by atoms with Crippen molar-refractivity contribution in [1.29, 1.82) is 0 Å². The smallest absolute Gasteiger partial charge is 0.0350 e. The first-order valence-electron chi connectivity index (χ1n) is 9.27. The van der Waals surface area contributed by atoms with E-state index in [4.69, 9.17) is 0 Å². The summed E-state index contributed by atoms with van der Waals surface area (Å²) in [5.74, 6) is 0.956. The van der Waals surface area contributed by atoms with Gasteiger partial charge in [0.1, 0.15) is 0 Å². The zero-order valence-electron chi connectivity index (χ0n) is 14.2. The van der Waals surface area contributed by atoms with Gasteiger partial charge in [-0.25, -0.2) is 0 Å². The summed E-state index contributed by atoms with van der Waals surface area (Å²) < 4.78 is 0. The van der Waals surface area contributed by atoms with Gasteiger partial charge >= 0.3 is 0 Å². The topological polar surface area (TPSA) is 9.72 Å². The van der Waals surface area contributed by atoms with Crippen LogP contribution in [-0.4, -0.2) is 72.1 Å². The van der Waals surface area contributed by atoms with Crippen molar-refractivity contribution in [2.75, 3.05) is 39.3 Å². The molecule has 3 nitrogen and oxygen atoms in total. The molecule has 1 aliphatic carbocycles. The van der Waals surface area contributed by atoms with Crippen LogP contribution in [0.4, 0.5) is 0 Å². The van der Waals surface area contributed by atoms with E-state index in [2.05, 4.69) is 35.5 Å². The molecule has 0 amide bonds. The van der Waals surface area contributed by atoms with Crippen LogP contribution in [0.25, 0.3) is 0 Å². The molecule has 0 aromatic carbocycles. The molecule has 0 unspecified atom stereocenters. The summed E-state index contributed by atoms with van der Waals surface area (Å²) in [5.41, 5.74) is 0.742. The number of rotatable bonds is 3. The molecule has 4 fully saturated rings. The van der Waals surface area contributed by atoms with Crippen LogP contribution >= 0.6 is 0 Å². The predicted octanol–water partition coefficient (Wildman–Crippen LogP) is 2.28. The number of likely N-dealkylation sites (tertiary alicyclic amines) is 3. The summed E-state index contributed by atoms with van der Waals surface area (Å²) in [6.45, 7) is 15.2. The minimum atomic E-state index is 0.742. The van der Waals surface area contributed by atoms with Crippen molar-refractivity contribution in [3.8, 4) is 0 Å². The van der Waals surface area contributed by atoms with Crippen molar-refractivity contribution in [3.05, 3.63) is 0 Å². The fourth-order valence-corrected chi connectivity index (χ4v) is 5.18. The lowest BCUT2D eigenvalue weighted by Crippen LogP contribution is -2.69. The Morgan fingerprint density at radius 3 is 1.95 bits per heavy atom. The van der Waals surface area contributed by atoms with E-state index in [-0.39, 0.29) is 0 Å². The van der Waals surface area contributed by atoms with Crippen LogP contribution < -0.4 is 0 Å². The van der Waals surface area contributed by atoms with Gasteiger partial charge in [-0.05, 0) is 64.0 Å². The van der Waals surface area contributed by atoms with Crippen molar-refractivity contribution >= 4 is 0 Å². The highest BCUT2D eigenvalue weighted by Crippen LogP contribution is 2.52. The first kappa shape index (κ1) is 14.5. The van der Waals surface area contributed by atoms with E-state index in [1.807, 2.05) is 0 Å². The SMILES string of the molecule is CC1CN(C2CN(C3CC4(CCN(C(C)C)CC4)C3)C2)C1. The van der Waals surface area contributed by atoms with Gasteiger partial charge in [0.2, 0.25) is 0 Å². The molecule has 1 spiro atoms. The van der Waals surface area contributed by atoms with E-state index in [0.717, 1.165) is 29.5 Å². The molecule has 3 saturated heterocycles. The Kier molecular flexibility index (Phi) is 3.59. The second kappa shape index (κ2) is 5.21. The lowest BCUT2D eigenvalue weighted by Gasteiger charge is -2.61. The monoisotopic (exact) mass is 291 g/mol. The lowest BCUT2D eigenvalue weighted by atomic mass is 9.59. The van der Waals surface area contributed by atoms with E-state index in [9.17, 15) is 0 Å². The minimum Gasteiger partial charge on any atom is -0.301 e. The Labute approximate surface area is 130 Å². The predicted molar refractivity (Wildman–Crippen MR) is 87.5 cm³/mol. The molecule has 4 aliphatic rings. The largest absolute Gasteiger partial charge is 0.301 e. The minimum absolute atomic E-state index is 0.742. The molecule has 3 heteroatoms. The molecule has 0 radical (unpaired) electrons. The maximum absolute atomic E-state index is 2.79. The number of hydrogen-bond donors (Lipinski definition) is 0. The molecule has 120 valence electrons. The lowest BCUT2D eigenvalue weighted by molar-refractivity contribution is -0.106. The fraction of sp³-hybridized carbons (Fsp3) is 1.00. The van der Waals surface area contributed by atoms with Crippen LogP contribution in [0.15, 0.2) is 0 Å². The first-order valence-corrected chi connectivity index (χ1v) is 9.27. The summed E-state index contributed by atoms with van der Waals surface area (Å²) in [7, 11) is 0. The van der Waals surface area contributed by atoms with Crippen LogP contribution in [0.3, 0.4) is 0 Å². The second-order valence-corrected chi connectivity index (χ2v) is 8.86. The average Bonchev–Trinajstić information content (AvgIpc) is 2.33. The third kappa shape index (κ3) is 2.55. The molecular weight excluding hydrogens is 258 g/mol. The van der Waals surface area contributed by atoms with E-state index in [1.165, 1.54) is 65.0 Å². The molecule has 1 saturated carbocycles. The number of nitrogens with zero attached hydrogens (tertiary/aromatic N) is 3. The Morgan fingerprint density at radius 1 is 0.857 bits per heavy atom. The number of piperidine rings is 1. The van der Waals surface area contributed by atoms with Gasteiger partial charge in [-0.15, -0.1) is 0 Å². The van der Waals surface area contributed by atoms with Crippen LogP contribution in [-0.2, 0) is 0 Å². The molecule has 3 heterocycles. The zero-order chi connectivity index (χ0) is 14.6. The Balaban J connectivity index is 1.19. The standard InChI is InChI=1S/C18H33N3/c1-14(2)19-6-4-18(5-7-19)8-16(9-18)21-12-17(13-21)20-10-15(3)11-20/h14-17H,4-13H2,1-3H3. The van der Waals surface area contributed by atoms with Gasteiger partial charge in [-0.1, -0.05) is 6.92 Å². The summed E-state index contributed by atoms with van der Waals surface area (Å²) in [6, 6.07) is 2.58. The van der Waals surface area contributed by atoms with Crippen LogP contribution in [0.1, 0.15) is 46.5 Å². The van der Waals surface area contributed by atoms with Crippen molar-refractivity contribution < 1.29 is 0 Å². The molecular formula is C18H33N3. The molecule has 0 aromatic rings. The van der Waals surface area contributed by atoms with Crippen LogP contribution in [0, 0.1) is 11.3 Å². The molecule has 4 rings (SSSR count). The molecule has 21 heavy (non-hydrogen) atoms. The van der Waals surface area contributed by atoms with Gasteiger partial charge in [-0.2, -0.15) is 0 Å². The maximum atomic E-state index is 2.79. The molecule has 0 atom stereocenters. The van der Waals surface area contributed by atoms with Crippen molar-refractivity contribution in [2.24, 2.45) is 11.3 Å². The Hall–Kier alpha value is -0.120. The van der Waals surface area contributed by atoms with Gasteiger partial charge in [0.05, 0.1) is 0 Å². The molecule has 0 N–H and O–H groups in total. The summed E-state index contributed by atoms with van der Waals surface area (Å²) in [4.78, 5) is 8.16. The Bertz CT molecular complexity index is 366. The van der Waals surface area contributed by atoms with Gasteiger partial charge in [-0.3, -0.25) is 9.80 Å². The zero-order valence-corrected chi connectivity index (χ0v) is 14.2. The third-order valence-electron chi connectivity index (χ3n) is 6.94. The maximum Gasteiger partial charge on any atom is 0.0350 e. The van der Waals surface area contributed by atoms with Crippen molar-refractivity contribution in [2.45, 2.75) is 64.6 Å². The van der Waals surface area contributed by atoms with Gasteiger partial charge in [0, 0.05) is 44.3 Å².